The molecule has 1 heterocycles. The monoisotopic (exact) mass is 383 g/mol. The first-order valence-corrected chi connectivity index (χ1v) is 7.85. The van der Waals surface area contributed by atoms with Crippen LogP contribution in [0.3, 0.4) is 0 Å². The van der Waals surface area contributed by atoms with E-state index in [-0.39, 0.29) is 5.56 Å². The summed E-state index contributed by atoms with van der Waals surface area (Å²) < 4.78 is 3.27. The van der Waals surface area contributed by atoms with Gasteiger partial charge in [0.25, 0.3) is 5.56 Å². The number of unbranched alkanes of at least 4 members (excludes halogenated alkanes) is 1. The molecule has 100 valence electrons. The van der Waals surface area contributed by atoms with Crippen molar-refractivity contribution in [2.75, 3.05) is 0 Å². The first kappa shape index (κ1) is 14.5. The van der Waals surface area contributed by atoms with Gasteiger partial charge in [-0.3, -0.25) is 4.79 Å². The average molecular weight is 385 g/mol. The van der Waals surface area contributed by atoms with Crippen LogP contribution in [0.1, 0.15) is 18.4 Å². The van der Waals surface area contributed by atoms with Crippen LogP contribution in [0.2, 0.25) is 0 Å². The molecule has 1 aromatic heterocycles. The van der Waals surface area contributed by atoms with Gasteiger partial charge in [-0.15, -0.1) is 0 Å². The molecule has 0 unspecified atom stereocenters. The van der Waals surface area contributed by atoms with E-state index in [1.165, 1.54) is 5.56 Å². The van der Waals surface area contributed by atoms with Crippen LogP contribution in [0.15, 0.2) is 56.3 Å². The second-order valence-corrected chi connectivity index (χ2v) is 6.22. The third-order valence-corrected chi connectivity index (χ3v) is 3.97. The van der Waals surface area contributed by atoms with Crippen molar-refractivity contribution in [3.63, 3.8) is 0 Å². The fraction of sp³-hybridized carbons (Fsp3) is 0.267. The van der Waals surface area contributed by atoms with Gasteiger partial charge in [0, 0.05) is 17.2 Å². The van der Waals surface area contributed by atoms with E-state index in [0.717, 1.165) is 30.3 Å². The van der Waals surface area contributed by atoms with Crippen LogP contribution in [-0.2, 0) is 13.0 Å². The van der Waals surface area contributed by atoms with E-state index in [4.69, 9.17) is 0 Å². The summed E-state index contributed by atoms with van der Waals surface area (Å²) in [6, 6.07) is 12.2. The van der Waals surface area contributed by atoms with Gasteiger partial charge in [0.1, 0.15) is 0 Å². The Morgan fingerprint density at radius 3 is 2.53 bits per heavy atom. The molecular formula is C15H15Br2NO. The number of aryl methyl sites for hydroxylation is 2. The van der Waals surface area contributed by atoms with Crippen LogP contribution in [0.5, 0.6) is 0 Å². The molecule has 1 aromatic carbocycles. The SMILES string of the molecule is O=c1c(Br)cc(Br)cn1CCCCc1ccccc1. The van der Waals surface area contributed by atoms with Crippen molar-refractivity contribution < 1.29 is 0 Å². The molecule has 0 aliphatic carbocycles. The second kappa shape index (κ2) is 7.06. The van der Waals surface area contributed by atoms with Crippen molar-refractivity contribution in [1.82, 2.24) is 4.57 Å². The predicted octanol–water partition coefficient (Wildman–Crippen LogP) is 4.40. The van der Waals surface area contributed by atoms with Crippen LogP contribution >= 0.6 is 31.9 Å². The summed E-state index contributed by atoms with van der Waals surface area (Å²) in [6.45, 7) is 0.754. The van der Waals surface area contributed by atoms with Gasteiger partial charge in [0.2, 0.25) is 0 Å². The molecule has 0 bridgehead atoms. The molecule has 0 N–H and O–H groups in total. The molecule has 2 aromatic rings. The Morgan fingerprint density at radius 1 is 1.05 bits per heavy atom. The summed E-state index contributed by atoms with van der Waals surface area (Å²) in [4.78, 5) is 11.9. The highest BCUT2D eigenvalue weighted by molar-refractivity contribution is 9.11. The normalized spacial score (nSPS) is 10.6. The minimum atomic E-state index is 0.0305. The molecule has 0 amide bonds. The summed E-state index contributed by atoms with van der Waals surface area (Å²) in [5, 5.41) is 0. The van der Waals surface area contributed by atoms with Crippen molar-refractivity contribution in [3.05, 3.63) is 67.5 Å². The maximum absolute atomic E-state index is 11.9. The highest BCUT2D eigenvalue weighted by atomic mass is 79.9. The zero-order valence-corrected chi connectivity index (χ0v) is 13.7. The Kier molecular flexibility index (Phi) is 5.40. The lowest BCUT2D eigenvalue weighted by Crippen LogP contribution is -2.20. The Bertz CT molecular complexity index is 593. The van der Waals surface area contributed by atoms with Gasteiger partial charge in [0.05, 0.1) is 4.47 Å². The fourth-order valence-corrected chi connectivity index (χ4v) is 3.24. The van der Waals surface area contributed by atoms with Crippen LogP contribution in [0.4, 0.5) is 0 Å². The van der Waals surface area contributed by atoms with Crippen molar-refractivity contribution in [2.24, 2.45) is 0 Å². The zero-order valence-electron chi connectivity index (χ0n) is 10.5. The number of nitrogens with zero attached hydrogens (tertiary/aromatic N) is 1. The maximum Gasteiger partial charge on any atom is 0.264 e. The van der Waals surface area contributed by atoms with E-state index in [0.29, 0.717) is 4.47 Å². The minimum absolute atomic E-state index is 0.0305. The predicted molar refractivity (Wildman–Crippen MR) is 85.5 cm³/mol. The van der Waals surface area contributed by atoms with Crippen LogP contribution in [0.25, 0.3) is 0 Å². The summed E-state index contributed by atoms with van der Waals surface area (Å²) in [7, 11) is 0. The quantitative estimate of drug-likeness (QED) is 0.700. The molecule has 0 saturated heterocycles. The summed E-state index contributed by atoms with van der Waals surface area (Å²) in [5.41, 5.74) is 1.38. The van der Waals surface area contributed by atoms with Crippen molar-refractivity contribution in [3.8, 4) is 0 Å². The van der Waals surface area contributed by atoms with Crippen molar-refractivity contribution in [2.45, 2.75) is 25.8 Å². The van der Waals surface area contributed by atoms with Gasteiger partial charge >= 0.3 is 0 Å². The van der Waals surface area contributed by atoms with E-state index in [1.807, 2.05) is 12.3 Å². The molecule has 0 aliphatic rings. The smallest absolute Gasteiger partial charge is 0.264 e. The molecule has 2 rings (SSSR count). The van der Waals surface area contributed by atoms with Crippen LogP contribution in [-0.4, -0.2) is 4.57 Å². The number of benzene rings is 1. The third-order valence-electron chi connectivity index (χ3n) is 2.97. The largest absolute Gasteiger partial charge is 0.313 e. The average Bonchev–Trinajstić information content (AvgIpc) is 2.41. The number of aromatic nitrogens is 1. The lowest BCUT2D eigenvalue weighted by atomic mass is 10.1. The Morgan fingerprint density at radius 2 is 1.79 bits per heavy atom. The Balaban J connectivity index is 1.88. The lowest BCUT2D eigenvalue weighted by molar-refractivity contribution is 0.591. The van der Waals surface area contributed by atoms with Crippen LogP contribution < -0.4 is 5.56 Å². The van der Waals surface area contributed by atoms with E-state index in [2.05, 4.69) is 56.1 Å². The second-order valence-electron chi connectivity index (χ2n) is 4.45. The molecule has 0 spiro atoms. The van der Waals surface area contributed by atoms with E-state index in [9.17, 15) is 4.79 Å². The third kappa shape index (κ3) is 4.32. The first-order valence-electron chi connectivity index (χ1n) is 6.26. The van der Waals surface area contributed by atoms with Crippen LogP contribution in [0, 0.1) is 0 Å². The number of hydrogen-bond donors (Lipinski definition) is 0. The molecule has 2 nitrogen and oxygen atoms in total. The van der Waals surface area contributed by atoms with Crippen molar-refractivity contribution in [1.29, 1.82) is 0 Å². The molecule has 4 heteroatoms. The first-order chi connectivity index (χ1) is 9.16. The maximum atomic E-state index is 11.9. The summed E-state index contributed by atoms with van der Waals surface area (Å²) in [5.74, 6) is 0. The fourth-order valence-electron chi connectivity index (χ4n) is 1.99. The molecule has 0 fully saturated rings. The van der Waals surface area contributed by atoms with Gasteiger partial charge in [-0.05, 0) is 62.8 Å². The molecule has 0 radical (unpaired) electrons. The minimum Gasteiger partial charge on any atom is -0.313 e. The van der Waals surface area contributed by atoms with Gasteiger partial charge in [-0.2, -0.15) is 0 Å². The topological polar surface area (TPSA) is 22.0 Å². The number of rotatable bonds is 5. The Labute approximate surface area is 129 Å². The summed E-state index contributed by atoms with van der Waals surface area (Å²) >= 11 is 6.68. The summed E-state index contributed by atoms with van der Waals surface area (Å²) in [6.07, 6.45) is 4.98. The van der Waals surface area contributed by atoms with E-state index >= 15 is 0 Å². The molecule has 0 saturated carbocycles. The standard InChI is InChI=1S/C15H15Br2NO/c16-13-10-14(17)15(19)18(11-13)9-5-4-8-12-6-2-1-3-7-12/h1-3,6-7,10-11H,4-5,8-9H2. The van der Waals surface area contributed by atoms with E-state index in [1.54, 1.807) is 10.6 Å². The van der Waals surface area contributed by atoms with Gasteiger partial charge in [-0.25, -0.2) is 0 Å². The van der Waals surface area contributed by atoms with E-state index < -0.39 is 0 Å². The number of hydrogen-bond acceptors (Lipinski definition) is 1. The highest BCUT2D eigenvalue weighted by Gasteiger charge is 2.02. The van der Waals surface area contributed by atoms with Gasteiger partial charge < -0.3 is 4.57 Å². The Hall–Kier alpha value is -0.870. The number of pyridine rings is 1. The molecular weight excluding hydrogens is 370 g/mol. The zero-order chi connectivity index (χ0) is 13.7. The van der Waals surface area contributed by atoms with Crippen molar-refractivity contribution >= 4 is 31.9 Å². The lowest BCUT2D eigenvalue weighted by Gasteiger charge is -2.07. The van der Waals surface area contributed by atoms with Gasteiger partial charge in [-0.1, -0.05) is 30.3 Å². The molecule has 0 atom stereocenters. The highest BCUT2D eigenvalue weighted by Crippen LogP contribution is 2.13. The molecule has 19 heavy (non-hydrogen) atoms. The molecule has 0 aliphatic heterocycles. The number of halogens is 2. The van der Waals surface area contributed by atoms with Gasteiger partial charge in [0.15, 0.2) is 0 Å².